The number of hydrogen-bond acceptors (Lipinski definition) is 7. The Bertz CT molecular complexity index is 1240. The van der Waals surface area contributed by atoms with Gasteiger partial charge < -0.3 is 30.2 Å². The molecule has 0 aliphatic carbocycles. The summed E-state index contributed by atoms with van der Waals surface area (Å²) in [5, 5.41) is 28.3. The second-order valence-electron chi connectivity index (χ2n) is 8.30. The Morgan fingerprint density at radius 3 is 2.42 bits per heavy atom. The van der Waals surface area contributed by atoms with Crippen molar-refractivity contribution in [2.24, 2.45) is 0 Å². The molecule has 2 aromatic carbocycles. The molecule has 8 heteroatoms. The zero-order chi connectivity index (χ0) is 22.9. The maximum atomic E-state index is 10.6. The Labute approximate surface area is 191 Å². The summed E-state index contributed by atoms with van der Waals surface area (Å²) in [6.07, 6.45) is 0.131. The summed E-state index contributed by atoms with van der Waals surface area (Å²) >= 11 is 0. The Kier molecular flexibility index (Phi) is 5.82. The standard InChI is InChI=1S/C25H27N5O3/c1-15-21(31)22(32)25(33-15)30-13-19(17-6-4-3-5-7-17)20-23(27-14-28-24(20)30)29-18-10-8-16(9-11-18)12-26-2/h3-11,13-15,21-22,25-26,31-32H,12H2,1-2H3,(H,27,28,29)/t15-,21-,22-,25-/m1/s1. The van der Waals surface area contributed by atoms with Gasteiger partial charge in [0.2, 0.25) is 0 Å². The van der Waals surface area contributed by atoms with Crippen LogP contribution in [0.2, 0.25) is 0 Å². The van der Waals surface area contributed by atoms with Gasteiger partial charge in [-0.05, 0) is 37.2 Å². The molecule has 170 valence electrons. The molecular formula is C25H27N5O3. The van der Waals surface area contributed by atoms with E-state index in [9.17, 15) is 10.2 Å². The van der Waals surface area contributed by atoms with E-state index in [0.717, 1.165) is 28.7 Å². The molecule has 4 atom stereocenters. The first-order valence-corrected chi connectivity index (χ1v) is 11.0. The topological polar surface area (TPSA) is 104 Å². The fourth-order valence-electron chi connectivity index (χ4n) is 4.31. The SMILES string of the molecule is CNCc1ccc(Nc2ncnc3c2c(-c2ccccc2)cn3[C@@H]2O[C@H](C)[C@@H](O)[C@H]2O)cc1. The molecule has 0 bridgehead atoms. The summed E-state index contributed by atoms with van der Waals surface area (Å²) < 4.78 is 7.69. The number of benzene rings is 2. The molecule has 0 unspecified atom stereocenters. The highest BCUT2D eigenvalue weighted by Gasteiger charge is 2.42. The molecule has 33 heavy (non-hydrogen) atoms. The van der Waals surface area contributed by atoms with Crippen LogP contribution in [0.3, 0.4) is 0 Å². The van der Waals surface area contributed by atoms with E-state index in [1.807, 2.05) is 55.7 Å². The van der Waals surface area contributed by atoms with Crippen molar-refractivity contribution in [3.8, 4) is 11.1 Å². The van der Waals surface area contributed by atoms with Gasteiger partial charge in [0.1, 0.15) is 30.0 Å². The normalized spacial score (nSPS) is 22.7. The predicted molar refractivity (Wildman–Crippen MR) is 127 cm³/mol. The largest absolute Gasteiger partial charge is 0.388 e. The highest BCUT2D eigenvalue weighted by Crippen LogP contribution is 2.39. The van der Waals surface area contributed by atoms with Crippen molar-refractivity contribution in [2.75, 3.05) is 12.4 Å². The lowest BCUT2D eigenvalue weighted by atomic mass is 10.1. The van der Waals surface area contributed by atoms with E-state index in [1.54, 1.807) is 11.5 Å². The fourth-order valence-corrected chi connectivity index (χ4v) is 4.31. The average molecular weight is 446 g/mol. The fraction of sp³-hybridized carbons (Fsp3) is 0.280. The van der Waals surface area contributed by atoms with Crippen molar-refractivity contribution in [1.82, 2.24) is 19.9 Å². The zero-order valence-electron chi connectivity index (χ0n) is 18.5. The summed E-state index contributed by atoms with van der Waals surface area (Å²) in [4.78, 5) is 9.06. The van der Waals surface area contributed by atoms with Crippen LogP contribution in [0.4, 0.5) is 11.5 Å². The first kappa shape index (κ1) is 21.5. The van der Waals surface area contributed by atoms with Crippen LogP contribution in [0, 0.1) is 0 Å². The number of hydrogen-bond donors (Lipinski definition) is 4. The van der Waals surface area contributed by atoms with Gasteiger partial charge in [0, 0.05) is 24.0 Å². The smallest absolute Gasteiger partial charge is 0.164 e. The lowest BCUT2D eigenvalue weighted by Gasteiger charge is -2.17. The third kappa shape index (κ3) is 3.98. The number of aliphatic hydroxyl groups excluding tert-OH is 2. The number of nitrogens with one attached hydrogen (secondary N) is 2. The summed E-state index contributed by atoms with van der Waals surface area (Å²) in [6, 6.07) is 18.1. The molecule has 4 aromatic rings. The molecule has 4 N–H and O–H groups in total. The van der Waals surface area contributed by atoms with Gasteiger partial charge >= 0.3 is 0 Å². The number of ether oxygens (including phenoxy) is 1. The molecule has 1 aliphatic heterocycles. The van der Waals surface area contributed by atoms with Crippen molar-refractivity contribution in [3.63, 3.8) is 0 Å². The summed E-state index contributed by atoms with van der Waals surface area (Å²) in [6.45, 7) is 2.55. The van der Waals surface area contributed by atoms with E-state index >= 15 is 0 Å². The minimum absolute atomic E-state index is 0.488. The minimum Gasteiger partial charge on any atom is -0.388 e. The third-order valence-electron chi connectivity index (χ3n) is 6.04. The van der Waals surface area contributed by atoms with Crippen LogP contribution in [0.15, 0.2) is 67.1 Å². The predicted octanol–water partition coefficient (Wildman–Crippen LogP) is 3.20. The molecule has 0 saturated carbocycles. The van der Waals surface area contributed by atoms with Gasteiger partial charge in [0.25, 0.3) is 0 Å². The van der Waals surface area contributed by atoms with Crippen LogP contribution in [-0.2, 0) is 11.3 Å². The number of anilines is 2. The van der Waals surface area contributed by atoms with Crippen LogP contribution in [0.25, 0.3) is 22.2 Å². The molecule has 1 aliphatic rings. The maximum Gasteiger partial charge on any atom is 0.164 e. The van der Waals surface area contributed by atoms with Gasteiger partial charge in [-0.25, -0.2) is 9.97 Å². The maximum absolute atomic E-state index is 10.6. The minimum atomic E-state index is -1.06. The van der Waals surface area contributed by atoms with Crippen LogP contribution in [0.5, 0.6) is 0 Å². The van der Waals surface area contributed by atoms with Gasteiger partial charge in [0.05, 0.1) is 11.5 Å². The highest BCUT2D eigenvalue weighted by atomic mass is 16.6. The number of fused-ring (bicyclic) bond motifs is 1. The van der Waals surface area contributed by atoms with E-state index in [0.29, 0.717) is 11.5 Å². The lowest BCUT2D eigenvalue weighted by molar-refractivity contribution is -0.0295. The van der Waals surface area contributed by atoms with Crippen molar-refractivity contribution >= 4 is 22.5 Å². The highest BCUT2D eigenvalue weighted by molar-refractivity contribution is 6.02. The second kappa shape index (κ2) is 8.92. The van der Waals surface area contributed by atoms with Gasteiger partial charge in [-0.1, -0.05) is 42.5 Å². The molecule has 3 heterocycles. The van der Waals surface area contributed by atoms with Gasteiger partial charge in [0.15, 0.2) is 6.23 Å². The quantitative estimate of drug-likeness (QED) is 0.361. The molecule has 0 spiro atoms. The average Bonchev–Trinajstić information content (AvgIpc) is 3.35. The van der Waals surface area contributed by atoms with Crippen LogP contribution in [-0.4, -0.2) is 50.1 Å². The van der Waals surface area contributed by atoms with Gasteiger partial charge in [-0.3, -0.25) is 0 Å². The Morgan fingerprint density at radius 2 is 1.76 bits per heavy atom. The summed E-state index contributed by atoms with van der Waals surface area (Å²) in [5.41, 5.74) is 4.60. The van der Waals surface area contributed by atoms with Crippen molar-refractivity contribution in [3.05, 3.63) is 72.7 Å². The van der Waals surface area contributed by atoms with Crippen LogP contribution < -0.4 is 10.6 Å². The summed E-state index contributed by atoms with van der Waals surface area (Å²) in [5.74, 6) is 0.653. The van der Waals surface area contributed by atoms with E-state index < -0.39 is 24.5 Å². The van der Waals surface area contributed by atoms with Crippen molar-refractivity contribution in [1.29, 1.82) is 0 Å². The number of nitrogens with zero attached hydrogens (tertiary/aromatic N) is 3. The van der Waals surface area contributed by atoms with Crippen LogP contribution in [0.1, 0.15) is 18.7 Å². The van der Waals surface area contributed by atoms with Gasteiger partial charge in [-0.2, -0.15) is 0 Å². The Balaban J connectivity index is 1.62. The summed E-state index contributed by atoms with van der Waals surface area (Å²) in [7, 11) is 1.92. The molecule has 0 amide bonds. The molecular weight excluding hydrogens is 418 g/mol. The first-order valence-electron chi connectivity index (χ1n) is 11.0. The molecule has 8 nitrogen and oxygen atoms in total. The zero-order valence-corrected chi connectivity index (χ0v) is 18.5. The van der Waals surface area contributed by atoms with Gasteiger partial charge in [-0.15, -0.1) is 0 Å². The monoisotopic (exact) mass is 445 g/mol. The lowest BCUT2D eigenvalue weighted by Crippen LogP contribution is -2.30. The third-order valence-corrected chi connectivity index (χ3v) is 6.04. The van der Waals surface area contributed by atoms with E-state index in [4.69, 9.17) is 4.74 Å². The van der Waals surface area contributed by atoms with Crippen molar-refractivity contribution < 1.29 is 14.9 Å². The van der Waals surface area contributed by atoms with Crippen molar-refractivity contribution in [2.45, 2.75) is 38.0 Å². The number of aromatic nitrogens is 3. The molecule has 2 aromatic heterocycles. The second-order valence-corrected chi connectivity index (χ2v) is 8.30. The molecule has 1 fully saturated rings. The molecule has 1 saturated heterocycles. The van der Waals surface area contributed by atoms with Crippen LogP contribution >= 0.6 is 0 Å². The Morgan fingerprint density at radius 1 is 1.00 bits per heavy atom. The number of rotatable bonds is 6. The molecule has 0 radical (unpaired) electrons. The first-order chi connectivity index (χ1) is 16.1. The van der Waals surface area contributed by atoms with E-state index in [-0.39, 0.29) is 0 Å². The van der Waals surface area contributed by atoms with E-state index in [1.165, 1.54) is 11.9 Å². The Hall–Kier alpha value is -3.30. The molecule has 5 rings (SSSR count). The van der Waals surface area contributed by atoms with E-state index in [2.05, 4.69) is 32.7 Å². The number of aliphatic hydroxyl groups is 2.